The quantitative estimate of drug-likeness (QED) is 0.0906. The van der Waals surface area contributed by atoms with E-state index in [2.05, 4.69) is 9.80 Å². The molecule has 4 fully saturated rings. The molecular weight excluding hydrogens is 990 g/mol. The summed E-state index contributed by atoms with van der Waals surface area (Å²) < 4.78 is 98.4. The maximum Gasteiger partial charge on any atom is 0.319 e. The van der Waals surface area contributed by atoms with Gasteiger partial charge in [0.1, 0.15) is 70.6 Å². The lowest BCUT2D eigenvalue weighted by atomic mass is 9.94. The van der Waals surface area contributed by atoms with Crippen molar-refractivity contribution in [3.63, 3.8) is 0 Å². The summed E-state index contributed by atoms with van der Waals surface area (Å²) in [5, 5.41) is 5.41. The van der Waals surface area contributed by atoms with Crippen LogP contribution in [0.2, 0.25) is 5.02 Å². The minimum Gasteiger partial charge on any atom is -0.497 e. The zero-order valence-electron chi connectivity index (χ0n) is 42.3. The van der Waals surface area contributed by atoms with Crippen molar-refractivity contribution in [3.05, 3.63) is 112 Å². The number of halogens is 5. The van der Waals surface area contributed by atoms with Gasteiger partial charge in [0, 0.05) is 59.8 Å². The average molecular weight is 1050 g/mol. The van der Waals surface area contributed by atoms with Gasteiger partial charge in [0.05, 0.1) is 49.8 Å². The van der Waals surface area contributed by atoms with E-state index in [0.717, 1.165) is 36.9 Å². The fourth-order valence-electron chi connectivity index (χ4n) is 11.9. The molecule has 4 aliphatic heterocycles. The molecule has 14 nitrogen and oxygen atoms in total. The summed E-state index contributed by atoms with van der Waals surface area (Å²) in [6, 6.07) is 17.2. The van der Waals surface area contributed by atoms with E-state index >= 15 is 17.6 Å². The summed E-state index contributed by atoms with van der Waals surface area (Å²) in [7, 11) is 3.23. The first-order chi connectivity index (χ1) is 36.3. The van der Waals surface area contributed by atoms with Crippen LogP contribution in [0.15, 0.2) is 73.1 Å². The van der Waals surface area contributed by atoms with Gasteiger partial charge in [-0.05, 0) is 113 Å². The SMILES string of the molecule is COc1ccc(CN(Cc2ccc(OC)cc2)c2ncc(F)cc2[C@@H](C)N2c3nc(OC[C@@]45CCCN4C[C@H](F)C5)nc4c(F)c(-c5c(C6(F)CC6)c(Cl)cc6c5cnn6C5CCCCO5)nc(c34)OC[C@@H]2C)cc1. The Balaban J connectivity index is 1.03. The van der Waals surface area contributed by atoms with Crippen LogP contribution in [0.4, 0.5) is 29.2 Å². The molecule has 1 aliphatic carbocycles. The van der Waals surface area contributed by atoms with Crippen molar-refractivity contribution in [2.24, 2.45) is 0 Å². The number of ether oxygens (including phenoxy) is 5. The van der Waals surface area contributed by atoms with Crippen LogP contribution in [-0.4, -0.2) is 99.5 Å². The number of methoxy groups -OCH3 is 2. The minimum absolute atomic E-state index is 0.00476. The largest absolute Gasteiger partial charge is 0.497 e. The molecule has 7 aromatic rings. The van der Waals surface area contributed by atoms with E-state index < -0.39 is 47.3 Å². The fourth-order valence-corrected chi connectivity index (χ4v) is 12.3. The second kappa shape index (κ2) is 19.6. The first-order valence-corrected chi connectivity index (χ1v) is 26.2. The van der Waals surface area contributed by atoms with E-state index in [0.29, 0.717) is 72.9 Å². The molecule has 8 heterocycles. The average Bonchev–Trinajstić information content (AvgIpc) is 3.71. The summed E-state index contributed by atoms with van der Waals surface area (Å²) in [6.45, 7) is 6.27. The molecule has 1 unspecified atom stereocenters. The molecule has 392 valence electrons. The van der Waals surface area contributed by atoms with Crippen LogP contribution >= 0.6 is 11.6 Å². The summed E-state index contributed by atoms with van der Waals surface area (Å²) in [4.78, 5) is 25.8. The summed E-state index contributed by atoms with van der Waals surface area (Å²) >= 11 is 7.10. The van der Waals surface area contributed by atoms with Crippen molar-refractivity contribution in [1.29, 1.82) is 0 Å². The van der Waals surface area contributed by atoms with Gasteiger partial charge in [0.25, 0.3) is 0 Å². The second-order valence-electron chi connectivity index (χ2n) is 20.8. The Morgan fingerprint density at radius 2 is 1.65 bits per heavy atom. The van der Waals surface area contributed by atoms with Crippen LogP contribution in [0.1, 0.15) is 99.7 Å². The lowest BCUT2D eigenvalue weighted by Crippen LogP contribution is -2.43. The third-order valence-electron chi connectivity index (χ3n) is 15.9. The van der Waals surface area contributed by atoms with Gasteiger partial charge in [-0.3, -0.25) is 4.90 Å². The topological polar surface area (TPSA) is 125 Å². The number of anilines is 2. The molecule has 4 aromatic heterocycles. The van der Waals surface area contributed by atoms with Gasteiger partial charge in [-0.25, -0.2) is 32.2 Å². The number of rotatable bonds is 15. The Kier molecular flexibility index (Phi) is 12.9. The number of hydrogen-bond donors (Lipinski definition) is 0. The lowest BCUT2D eigenvalue weighted by Gasteiger charge is -2.37. The van der Waals surface area contributed by atoms with Crippen LogP contribution in [-0.2, 0) is 23.5 Å². The number of fused-ring (bicyclic) bond motifs is 2. The number of pyridine rings is 2. The highest BCUT2D eigenvalue weighted by atomic mass is 35.5. The molecule has 0 amide bonds. The molecule has 12 rings (SSSR count). The second-order valence-corrected chi connectivity index (χ2v) is 21.2. The van der Waals surface area contributed by atoms with E-state index in [1.165, 1.54) is 12.3 Å². The van der Waals surface area contributed by atoms with E-state index in [1.54, 1.807) is 31.2 Å². The van der Waals surface area contributed by atoms with Crippen molar-refractivity contribution in [2.45, 2.75) is 114 Å². The maximum atomic E-state index is 18.4. The molecule has 3 aromatic carbocycles. The van der Waals surface area contributed by atoms with Crippen LogP contribution in [0.3, 0.4) is 0 Å². The molecule has 0 N–H and O–H groups in total. The Morgan fingerprint density at radius 1 is 0.920 bits per heavy atom. The molecule has 3 saturated heterocycles. The van der Waals surface area contributed by atoms with Crippen LogP contribution in [0.5, 0.6) is 23.4 Å². The standard InChI is InChI=1S/C56H58ClF4N9O5/c1-32-30-74-53-46-50(48(60)49(64-53)45-41-26-63-70(44-8-5-6-21-73-44)43(41)23-42(57)47(45)56(61)18-19-56)65-54(75-31-55-17-7-20-68(55)29-37(59)24-55)66-52(46)69(32)33(2)40-22-36(58)25-62-51(40)67(27-34-9-13-38(71-3)14-10-34)28-35-11-15-39(72-4)16-12-35/h9-16,22-23,25-26,32-33,37,44H,5-8,17-21,24,27-31H2,1-4H3/t32-,33+,37+,44?,55-/m0/s1. The van der Waals surface area contributed by atoms with E-state index in [-0.39, 0.29) is 82.9 Å². The van der Waals surface area contributed by atoms with Gasteiger partial charge in [0.15, 0.2) is 12.0 Å². The van der Waals surface area contributed by atoms with Crippen LogP contribution in [0, 0.1) is 11.6 Å². The number of alkyl halides is 2. The number of aromatic nitrogens is 6. The van der Waals surface area contributed by atoms with Crippen molar-refractivity contribution < 1.29 is 41.2 Å². The first kappa shape index (κ1) is 49.4. The van der Waals surface area contributed by atoms with Gasteiger partial charge in [-0.2, -0.15) is 15.1 Å². The monoisotopic (exact) mass is 1050 g/mol. The summed E-state index contributed by atoms with van der Waals surface area (Å²) in [5.41, 5.74) is 0.360. The van der Waals surface area contributed by atoms with Gasteiger partial charge >= 0.3 is 6.01 Å². The number of benzene rings is 3. The number of hydrogen-bond acceptors (Lipinski definition) is 13. The van der Waals surface area contributed by atoms with Crippen molar-refractivity contribution in [3.8, 4) is 34.6 Å². The van der Waals surface area contributed by atoms with Crippen LogP contribution in [0.25, 0.3) is 33.1 Å². The van der Waals surface area contributed by atoms with Crippen LogP contribution < -0.4 is 28.7 Å². The zero-order chi connectivity index (χ0) is 51.8. The Labute approximate surface area is 436 Å². The van der Waals surface area contributed by atoms with Crippen molar-refractivity contribution >= 4 is 45.0 Å². The highest BCUT2D eigenvalue weighted by molar-refractivity contribution is 6.33. The van der Waals surface area contributed by atoms with Gasteiger partial charge in [0.2, 0.25) is 5.88 Å². The molecule has 0 spiro atoms. The molecule has 75 heavy (non-hydrogen) atoms. The smallest absolute Gasteiger partial charge is 0.319 e. The lowest BCUT2D eigenvalue weighted by molar-refractivity contribution is -0.0366. The molecular formula is C56H58ClF4N9O5. The normalized spacial score (nSPS) is 22.5. The van der Waals surface area contributed by atoms with Gasteiger partial charge in [-0.1, -0.05) is 35.9 Å². The van der Waals surface area contributed by atoms with Gasteiger partial charge in [-0.15, -0.1) is 0 Å². The highest BCUT2D eigenvalue weighted by Gasteiger charge is 2.51. The third-order valence-corrected chi connectivity index (χ3v) is 16.2. The molecule has 5 aliphatic rings. The number of nitrogens with zero attached hydrogens (tertiary/aromatic N) is 9. The first-order valence-electron chi connectivity index (χ1n) is 25.9. The van der Waals surface area contributed by atoms with Gasteiger partial charge < -0.3 is 33.5 Å². The summed E-state index contributed by atoms with van der Waals surface area (Å²) in [5.74, 6) is 0.680. The zero-order valence-corrected chi connectivity index (χ0v) is 43.1. The molecule has 19 heteroatoms. The Hall–Kier alpha value is -6.50. The molecule has 0 bridgehead atoms. The van der Waals surface area contributed by atoms with Crippen molar-refractivity contribution in [1.82, 2.24) is 34.6 Å². The molecule has 0 radical (unpaired) electrons. The van der Waals surface area contributed by atoms with E-state index in [4.69, 9.17) is 60.3 Å². The highest BCUT2D eigenvalue weighted by Crippen LogP contribution is 2.57. The van der Waals surface area contributed by atoms with E-state index in [9.17, 15) is 0 Å². The Bertz CT molecular complexity index is 3240. The minimum atomic E-state index is -1.85. The molecule has 5 atom stereocenters. The Morgan fingerprint density at radius 3 is 2.33 bits per heavy atom. The molecule has 1 saturated carbocycles. The third kappa shape index (κ3) is 8.99. The summed E-state index contributed by atoms with van der Waals surface area (Å²) in [6.07, 6.45) is 6.16. The fraction of sp³-hybridized carbons (Fsp3) is 0.446. The van der Waals surface area contributed by atoms with Crippen molar-refractivity contribution in [2.75, 3.05) is 56.9 Å². The van der Waals surface area contributed by atoms with E-state index in [1.807, 2.05) is 67.3 Å². The predicted molar refractivity (Wildman–Crippen MR) is 276 cm³/mol. The maximum absolute atomic E-state index is 18.4. The predicted octanol–water partition coefficient (Wildman–Crippen LogP) is 11.6.